The Morgan fingerprint density at radius 2 is 2.45 bits per heavy atom. The second-order valence-corrected chi connectivity index (χ2v) is 2.16. The van der Waals surface area contributed by atoms with Crippen LogP contribution in [0.4, 0.5) is 10.2 Å². The van der Waals surface area contributed by atoms with Crippen LogP contribution in [0.1, 0.15) is 5.56 Å². The van der Waals surface area contributed by atoms with Crippen LogP contribution in [0.2, 0.25) is 0 Å². The van der Waals surface area contributed by atoms with Gasteiger partial charge in [-0.05, 0) is 18.1 Å². The van der Waals surface area contributed by atoms with Crippen molar-refractivity contribution in [2.75, 3.05) is 5.73 Å². The molecule has 0 atom stereocenters. The summed E-state index contributed by atoms with van der Waals surface area (Å²) in [7, 11) is 0. The summed E-state index contributed by atoms with van der Waals surface area (Å²) in [5.41, 5.74) is 5.77. The van der Waals surface area contributed by atoms with E-state index in [1.807, 2.05) is 0 Å². The maximum atomic E-state index is 13.0. The lowest BCUT2D eigenvalue weighted by atomic mass is 10.2. The summed E-state index contributed by atoms with van der Waals surface area (Å²) in [5, 5.41) is 0. The molecule has 2 N–H and O–H groups in total. The predicted molar refractivity (Wildman–Crippen MR) is 42.5 cm³/mol. The van der Waals surface area contributed by atoms with E-state index in [0.29, 0.717) is 12.0 Å². The molecule has 1 heterocycles. The van der Waals surface area contributed by atoms with Gasteiger partial charge in [0.1, 0.15) is 0 Å². The van der Waals surface area contributed by atoms with Crippen LogP contribution in [0.15, 0.2) is 24.9 Å². The Morgan fingerprint density at radius 1 is 1.73 bits per heavy atom. The molecule has 0 radical (unpaired) electrons. The molecule has 0 unspecified atom stereocenters. The van der Waals surface area contributed by atoms with E-state index < -0.39 is 5.82 Å². The lowest BCUT2D eigenvalue weighted by Crippen LogP contribution is -1.98. The SMILES string of the molecule is C=CCc1ccnc(N)c1F. The smallest absolute Gasteiger partial charge is 0.168 e. The predicted octanol–water partition coefficient (Wildman–Crippen LogP) is 1.53. The zero-order chi connectivity index (χ0) is 8.27. The van der Waals surface area contributed by atoms with Crippen molar-refractivity contribution in [2.24, 2.45) is 0 Å². The molecule has 0 fully saturated rings. The number of nitrogens with two attached hydrogens (primary N) is 1. The molecule has 0 aliphatic heterocycles. The topological polar surface area (TPSA) is 38.9 Å². The van der Waals surface area contributed by atoms with Crippen LogP contribution >= 0.6 is 0 Å². The second kappa shape index (κ2) is 3.14. The van der Waals surface area contributed by atoms with Gasteiger partial charge in [-0.25, -0.2) is 9.37 Å². The zero-order valence-electron chi connectivity index (χ0n) is 6.05. The minimum Gasteiger partial charge on any atom is -0.381 e. The highest BCUT2D eigenvalue weighted by Crippen LogP contribution is 2.11. The molecule has 0 aliphatic rings. The van der Waals surface area contributed by atoms with Crippen LogP contribution in [-0.2, 0) is 6.42 Å². The normalized spacial score (nSPS) is 9.55. The Bertz CT molecular complexity index is 271. The van der Waals surface area contributed by atoms with E-state index in [2.05, 4.69) is 11.6 Å². The maximum Gasteiger partial charge on any atom is 0.168 e. The van der Waals surface area contributed by atoms with Crippen molar-refractivity contribution in [3.8, 4) is 0 Å². The van der Waals surface area contributed by atoms with Crippen molar-refractivity contribution < 1.29 is 4.39 Å². The highest BCUT2D eigenvalue weighted by molar-refractivity contribution is 5.35. The van der Waals surface area contributed by atoms with Crippen molar-refractivity contribution in [3.63, 3.8) is 0 Å². The quantitative estimate of drug-likeness (QED) is 0.653. The average Bonchev–Trinajstić information content (AvgIpc) is 1.99. The van der Waals surface area contributed by atoms with E-state index in [1.54, 1.807) is 12.1 Å². The Labute approximate surface area is 64.6 Å². The zero-order valence-corrected chi connectivity index (χ0v) is 6.05. The molecule has 2 nitrogen and oxygen atoms in total. The second-order valence-electron chi connectivity index (χ2n) is 2.16. The third kappa shape index (κ3) is 1.55. The largest absolute Gasteiger partial charge is 0.381 e. The van der Waals surface area contributed by atoms with E-state index in [9.17, 15) is 4.39 Å². The molecule has 0 saturated heterocycles. The van der Waals surface area contributed by atoms with Gasteiger partial charge in [-0.2, -0.15) is 0 Å². The van der Waals surface area contributed by atoms with Crippen molar-refractivity contribution in [2.45, 2.75) is 6.42 Å². The molecule has 0 bridgehead atoms. The summed E-state index contributed by atoms with van der Waals surface area (Å²) >= 11 is 0. The number of hydrogen-bond acceptors (Lipinski definition) is 2. The third-order valence-corrected chi connectivity index (χ3v) is 1.36. The van der Waals surface area contributed by atoms with Gasteiger partial charge in [0.15, 0.2) is 11.6 Å². The number of aromatic nitrogens is 1. The Hall–Kier alpha value is -1.38. The highest BCUT2D eigenvalue weighted by Gasteiger charge is 2.03. The Kier molecular flexibility index (Phi) is 2.21. The van der Waals surface area contributed by atoms with Gasteiger partial charge in [-0.15, -0.1) is 6.58 Å². The van der Waals surface area contributed by atoms with Gasteiger partial charge in [-0.3, -0.25) is 0 Å². The summed E-state index contributed by atoms with van der Waals surface area (Å²) < 4.78 is 13.0. The molecule has 3 heteroatoms. The molecular weight excluding hydrogens is 143 g/mol. The molecule has 0 spiro atoms. The minimum atomic E-state index is -0.438. The number of nitrogens with zero attached hydrogens (tertiary/aromatic N) is 1. The lowest BCUT2D eigenvalue weighted by molar-refractivity contribution is 0.614. The molecule has 1 aromatic rings. The van der Waals surface area contributed by atoms with Crippen LogP contribution in [0.5, 0.6) is 0 Å². The van der Waals surface area contributed by atoms with E-state index in [-0.39, 0.29) is 5.82 Å². The number of rotatable bonds is 2. The molecule has 1 rings (SSSR count). The van der Waals surface area contributed by atoms with Gasteiger partial charge >= 0.3 is 0 Å². The summed E-state index contributed by atoms with van der Waals surface area (Å²) in [6.07, 6.45) is 3.59. The summed E-state index contributed by atoms with van der Waals surface area (Å²) in [6, 6.07) is 1.59. The van der Waals surface area contributed by atoms with Crippen molar-refractivity contribution in [1.29, 1.82) is 0 Å². The molecule has 11 heavy (non-hydrogen) atoms. The Morgan fingerprint density at radius 3 is 3.09 bits per heavy atom. The van der Waals surface area contributed by atoms with Gasteiger partial charge in [-0.1, -0.05) is 6.08 Å². The number of allylic oxidation sites excluding steroid dienone is 1. The van der Waals surface area contributed by atoms with Crippen molar-refractivity contribution in [3.05, 3.63) is 36.3 Å². The Balaban J connectivity index is 3.05. The molecule has 0 aromatic carbocycles. The van der Waals surface area contributed by atoms with E-state index in [1.165, 1.54) is 6.20 Å². The molecule has 58 valence electrons. The van der Waals surface area contributed by atoms with Gasteiger partial charge in [0.05, 0.1) is 0 Å². The molecule has 0 aliphatic carbocycles. The number of hydrogen-bond donors (Lipinski definition) is 1. The average molecular weight is 152 g/mol. The number of anilines is 1. The van der Waals surface area contributed by atoms with Gasteiger partial charge in [0, 0.05) is 6.20 Å². The van der Waals surface area contributed by atoms with Crippen molar-refractivity contribution in [1.82, 2.24) is 4.98 Å². The number of halogens is 1. The van der Waals surface area contributed by atoms with Gasteiger partial charge < -0.3 is 5.73 Å². The number of nitrogen functional groups attached to an aromatic ring is 1. The highest BCUT2D eigenvalue weighted by atomic mass is 19.1. The summed E-state index contributed by atoms with van der Waals surface area (Å²) in [4.78, 5) is 3.59. The first kappa shape index (κ1) is 7.72. The first-order valence-corrected chi connectivity index (χ1v) is 3.25. The fraction of sp³-hybridized carbons (Fsp3) is 0.125. The minimum absolute atomic E-state index is 0.0515. The van der Waals surface area contributed by atoms with Crippen LogP contribution in [0, 0.1) is 5.82 Å². The maximum absolute atomic E-state index is 13.0. The van der Waals surface area contributed by atoms with Crippen LogP contribution in [-0.4, -0.2) is 4.98 Å². The summed E-state index contributed by atoms with van der Waals surface area (Å²) in [6.45, 7) is 3.50. The standard InChI is InChI=1S/C8H9FN2/c1-2-3-6-4-5-11-8(10)7(6)9/h2,4-5H,1,3H2,(H2,10,11). The van der Waals surface area contributed by atoms with Crippen LogP contribution in [0.25, 0.3) is 0 Å². The van der Waals surface area contributed by atoms with E-state index in [4.69, 9.17) is 5.73 Å². The van der Waals surface area contributed by atoms with Gasteiger partial charge in [0.2, 0.25) is 0 Å². The van der Waals surface area contributed by atoms with Crippen LogP contribution < -0.4 is 5.73 Å². The summed E-state index contributed by atoms with van der Waals surface area (Å²) in [5.74, 6) is -0.489. The third-order valence-electron chi connectivity index (χ3n) is 1.36. The molecule has 0 saturated carbocycles. The van der Waals surface area contributed by atoms with Gasteiger partial charge in [0.25, 0.3) is 0 Å². The fourth-order valence-corrected chi connectivity index (χ4v) is 0.815. The first-order valence-electron chi connectivity index (χ1n) is 3.25. The van der Waals surface area contributed by atoms with E-state index >= 15 is 0 Å². The van der Waals surface area contributed by atoms with Crippen molar-refractivity contribution >= 4 is 5.82 Å². The molecule has 1 aromatic heterocycles. The monoisotopic (exact) mass is 152 g/mol. The molecular formula is C8H9FN2. The first-order chi connectivity index (χ1) is 5.25. The van der Waals surface area contributed by atoms with E-state index in [0.717, 1.165) is 0 Å². The fourth-order valence-electron chi connectivity index (χ4n) is 0.815. The van der Waals surface area contributed by atoms with Crippen LogP contribution in [0.3, 0.4) is 0 Å². The molecule has 0 amide bonds. The number of pyridine rings is 1. The lowest BCUT2D eigenvalue weighted by Gasteiger charge is -1.99.